The molecule has 2 rings (SSSR count). The normalized spacial score (nSPS) is 10.9. The molecule has 1 N–H and O–H groups in total. The van der Waals surface area contributed by atoms with Gasteiger partial charge < -0.3 is 9.57 Å². The first-order valence-electron chi connectivity index (χ1n) is 7.13. The Morgan fingerprint density at radius 1 is 1.42 bits per heavy atom. The van der Waals surface area contributed by atoms with E-state index < -0.39 is 6.09 Å². The van der Waals surface area contributed by atoms with Gasteiger partial charge in [-0.25, -0.2) is 9.78 Å². The lowest BCUT2D eigenvalue weighted by atomic mass is 10.2. The van der Waals surface area contributed by atoms with Gasteiger partial charge in [-0.15, -0.1) is 11.3 Å². The number of aldehydes is 1. The highest BCUT2D eigenvalue weighted by Gasteiger charge is 2.12. The highest BCUT2D eigenvalue weighted by molar-refractivity contribution is 7.14. The van der Waals surface area contributed by atoms with Crippen LogP contribution in [-0.4, -0.2) is 29.7 Å². The molecule has 0 aliphatic heterocycles. The molecule has 0 radical (unpaired) electrons. The summed E-state index contributed by atoms with van der Waals surface area (Å²) in [6.07, 6.45) is 1.25. The molecule has 136 valence electrons. The highest BCUT2D eigenvalue weighted by atomic mass is 35.5. The van der Waals surface area contributed by atoms with Gasteiger partial charge in [-0.3, -0.25) is 10.1 Å². The number of ether oxygens (including phenoxy) is 1. The highest BCUT2D eigenvalue weighted by Crippen LogP contribution is 2.21. The molecule has 0 bridgehead atoms. The Labute approximate surface area is 163 Å². The fourth-order valence-electron chi connectivity index (χ4n) is 1.66. The van der Waals surface area contributed by atoms with Gasteiger partial charge >= 0.3 is 6.09 Å². The van der Waals surface area contributed by atoms with Gasteiger partial charge in [0.2, 0.25) is 0 Å². The van der Waals surface area contributed by atoms with Crippen LogP contribution in [0.15, 0.2) is 41.4 Å². The molecule has 0 saturated heterocycles. The Morgan fingerprint density at radius 3 is 2.96 bits per heavy atom. The molecule has 0 unspecified atom stereocenters. The molecule has 2 aromatic rings. The van der Waals surface area contributed by atoms with Crippen LogP contribution < -0.4 is 5.32 Å². The van der Waals surface area contributed by atoms with Crippen LogP contribution >= 0.6 is 34.5 Å². The summed E-state index contributed by atoms with van der Waals surface area (Å²) in [6, 6.07) is 4.92. The van der Waals surface area contributed by atoms with Crippen LogP contribution in [0.4, 0.5) is 9.93 Å². The van der Waals surface area contributed by atoms with Gasteiger partial charge in [-0.1, -0.05) is 41.0 Å². The maximum atomic E-state index is 11.4. The summed E-state index contributed by atoms with van der Waals surface area (Å²) in [4.78, 5) is 31.9. The van der Waals surface area contributed by atoms with E-state index in [1.54, 1.807) is 23.6 Å². The summed E-state index contributed by atoms with van der Waals surface area (Å²) in [5.74, 6) is 0. The van der Waals surface area contributed by atoms with Gasteiger partial charge in [0.1, 0.15) is 18.9 Å². The van der Waals surface area contributed by atoms with Gasteiger partial charge in [0.25, 0.3) is 0 Å². The van der Waals surface area contributed by atoms with E-state index >= 15 is 0 Å². The third kappa shape index (κ3) is 5.83. The predicted octanol–water partition coefficient (Wildman–Crippen LogP) is 4.30. The van der Waals surface area contributed by atoms with Crippen LogP contribution in [0, 0.1) is 0 Å². The number of rotatable bonds is 8. The number of aromatic nitrogens is 1. The maximum absolute atomic E-state index is 11.4. The Kier molecular flexibility index (Phi) is 7.58. The molecule has 0 atom stereocenters. The topological polar surface area (TPSA) is 89.9 Å². The van der Waals surface area contributed by atoms with Crippen molar-refractivity contribution in [3.05, 3.63) is 57.5 Å². The van der Waals surface area contributed by atoms with Gasteiger partial charge in [-0.05, 0) is 18.2 Å². The molecule has 10 heteroatoms. The quantitative estimate of drug-likeness (QED) is 0.301. The van der Waals surface area contributed by atoms with Gasteiger partial charge in [-0.2, -0.15) is 0 Å². The Hall–Kier alpha value is -2.42. The molecular formula is C16H13Cl2N3O4S. The number of halogens is 2. The standard InChI is InChI=1S/C16H13Cl2N3O4S/c1-2-5-24-16(23)20-15-19-14(9-26-15)13(7-22)21-25-8-10-6-11(17)3-4-12(10)18/h2-4,6-7,9H,1,5,8H2,(H,19,20,23)/b21-13+. The molecule has 26 heavy (non-hydrogen) atoms. The van der Waals surface area contributed by atoms with Gasteiger partial charge in [0.05, 0.1) is 0 Å². The van der Waals surface area contributed by atoms with E-state index in [0.29, 0.717) is 21.9 Å². The lowest BCUT2D eigenvalue weighted by Crippen LogP contribution is -2.13. The van der Waals surface area contributed by atoms with Crippen molar-refractivity contribution in [2.24, 2.45) is 5.16 Å². The van der Waals surface area contributed by atoms with Crippen molar-refractivity contribution in [3.63, 3.8) is 0 Å². The lowest BCUT2D eigenvalue weighted by molar-refractivity contribution is -0.102. The molecule has 0 spiro atoms. The molecular weight excluding hydrogens is 401 g/mol. The van der Waals surface area contributed by atoms with E-state index in [1.807, 2.05) is 0 Å². The number of carbonyl (C=O) groups excluding carboxylic acids is 2. The summed E-state index contributed by atoms with van der Waals surface area (Å²) < 4.78 is 4.78. The summed E-state index contributed by atoms with van der Waals surface area (Å²) in [7, 11) is 0. The number of amides is 1. The first kappa shape index (κ1) is 19.9. The SMILES string of the molecule is C=CCOC(=O)Nc1nc(/C(C=O)=N/OCc2cc(Cl)ccc2Cl)cs1. The van der Waals surface area contributed by atoms with Crippen molar-refractivity contribution in [3.8, 4) is 0 Å². The number of oxime groups is 1. The fourth-order valence-corrected chi connectivity index (χ4v) is 2.72. The van der Waals surface area contributed by atoms with Crippen LogP contribution in [0.25, 0.3) is 0 Å². The minimum Gasteiger partial charge on any atom is -0.445 e. The zero-order valence-corrected chi connectivity index (χ0v) is 15.6. The first-order valence-corrected chi connectivity index (χ1v) is 8.76. The number of thiazole rings is 1. The second-order valence-electron chi connectivity index (χ2n) is 4.65. The Bertz CT molecular complexity index is 839. The summed E-state index contributed by atoms with van der Waals surface area (Å²) in [6.45, 7) is 3.54. The third-order valence-corrected chi connectivity index (χ3v) is 4.17. The van der Waals surface area contributed by atoms with Crippen molar-refractivity contribution in [2.75, 3.05) is 11.9 Å². The molecule has 7 nitrogen and oxygen atoms in total. The van der Waals surface area contributed by atoms with E-state index in [9.17, 15) is 9.59 Å². The van der Waals surface area contributed by atoms with Crippen molar-refractivity contribution in [2.45, 2.75) is 6.61 Å². The van der Waals surface area contributed by atoms with Crippen molar-refractivity contribution in [1.29, 1.82) is 0 Å². The summed E-state index contributed by atoms with van der Waals surface area (Å²) >= 11 is 13.0. The van der Waals surface area contributed by atoms with Crippen LogP contribution in [0.1, 0.15) is 11.3 Å². The molecule has 0 fully saturated rings. The van der Waals surface area contributed by atoms with Crippen LogP contribution in [0.3, 0.4) is 0 Å². The Morgan fingerprint density at radius 2 is 2.23 bits per heavy atom. The minimum absolute atomic E-state index is 0.0276. The van der Waals surface area contributed by atoms with Gasteiger partial charge in [0.15, 0.2) is 17.1 Å². The number of hydrogen-bond acceptors (Lipinski definition) is 7. The van der Waals surface area contributed by atoms with E-state index in [4.69, 9.17) is 32.8 Å². The number of benzene rings is 1. The number of nitrogens with one attached hydrogen (secondary N) is 1. The number of hydrogen-bond donors (Lipinski definition) is 1. The van der Waals surface area contributed by atoms with Crippen molar-refractivity contribution < 1.29 is 19.2 Å². The minimum atomic E-state index is -0.678. The monoisotopic (exact) mass is 413 g/mol. The number of carbonyl (C=O) groups is 2. The number of anilines is 1. The van der Waals surface area contributed by atoms with Crippen LogP contribution in [0.5, 0.6) is 0 Å². The molecule has 0 aliphatic carbocycles. The average Bonchev–Trinajstić information content (AvgIpc) is 3.08. The second kappa shape index (κ2) is 9.91. The molecule has 0 saturated carbocycles. The maximum Gasteiger partial charge on any atom is 0.413 e. The van der Waals surface area contributed by atoms with E-state index in [-0.39, 0.29) is 29.8 Å². The zero-order chi connectivity index (χ0) is 18.9. The van der Waals surface area contributed by atoms with Gasteiger partial charge in [0, 0.05) is 21.0 Å². The fraction of sp³-hybridized carbons (Fsp3) is 0.125. The van der Waals surface area contributed by atoms with Crippen molar-refractivity contribution in [1.82, 2.24) is 4.98 Å². The van der Waals surface area contributed by atoms with E-state index in [2.05, 4.69) is 22.0 Å². The summed E-state index contributed by atoms with van der Waals surface area (Å²) in [5, 5.41) is 8.95. The zero-order valence-electron chi connectivity index (χ0n) is 13.3. The van der Waals surface area contributed by atoms with Crippen LogP contribution in [0.2, 0.25) is 10.0 Å². The van der Waals surface area contributed by atoms with E-state index in [0.717, 1.165) is 11.3 Å². The van der Waals surface area contributed by atoms with Crippen molar-refractivity contribution >= 4 is 57.8 Å². The lowest BCUT2D eigenvalue weighted by Gasteiger charge is -2.04. The predicted molar refractivity (Wildman–Crippen MR) is 101 cm³/mol. The molecule has 1 heterocycles. The molecule has 1 aromatic carbocycles. The smallest absolute Gasteiger partial charge is 0.413 e. The van der Waals surface area contributed by atoms with E-state index in [1.165, 1.54) is 6.08 Å². The first-order chi connectivity index (χ1) is 12.5. The molecule has 1 amide bonds. The average molecular weight is 414 g/mol. The third-order valence-electron chi connectivity index (χ3n) is 2.81. The number of nitrogens with zero attached hydrogens (tertiary/aromatic N) is 2. The molecule has 0 aliphatic rings. The molecule has 1 aromatic heterocycles. The second-order valence-corrected chi connectivity index (χ2v) is 6.36. The van der Waals surface area contributed by atoms with Crippen LogP contribution in [-0.2, 0) is 21.0 Å². The largest absolute Gasteiger partial charge is 0.445 e. The Balaban J connectivity index is 2.00. The summed E-state index contributed by atoms with van der Waals surface area (Å²) in [5.41, 5.74) is 0.840.